The molecule has 8 heterocycles. The summed E-state index contributed by atoms with van der Waals surface area (Å²) in [7, 11) is 0. The molecule has 0 aliphatic heterocycles. The summed E-state index contributed by atoms with van der Waals surface area (Å²) in [6.07, 6.45) is 3.64. The van der Waals surface area contributed by atoms with E-state index in [1.54, 1.807) is 0 Å². The van der Waals surface area contributed by atoms with Crippen molar-refractivity contribution in [1.82, 2.24) is 48.2 Å². The molecule has 0 N–H and O–H groups in total. The lowest BCUT2D eigenvalue weighted by atomic mass is 10.0. The highest BCUT2D eigenvalue weighted by atomic mass is 15.0. The normalized spacial score (nSPS) is 12.0. The maximum Gasteiger partial charge on any atom is 0.163 e. The lowest BCUT2D eigenvalue weighted by Crippen LogP contribution is -2.00. The van der Waals surface area contributed by atoms with Crippen molar-refractivity contribution in [3.8, 4) is 68.0 Å². The molecule has 0 saturated heterocycles. The van der Waals surface area contributed by atoms with Crippen LogP contribution in [0.1, 0.15) is 0 Å². The van der Waals surface area contributed by atoms with Gasteiger partial charge < -0.3 is 18.3 Å². The van der Waals surface area contributed by atoms with E-state index in [0.717, 1.165) is 105 Å². The molecule has 556 valence electrons. The van der Waals surface area contributed by atoms with Crippen molar-refractivity contribution < 1.29 is 0 Å². The molecule has 0 radical (unpaired) electrons. The van der Waals surface area contributed by atoms with E-state index in [-0.39, 0.29) is 0 Å². The minimum atomic E-state index is 0.643. The molecule has 0 fully saturated rings. The zero-order valence-electron chi connectivity index (χ0n) is 64.6. The number of hydrogen-bond acceptors (Lipinski definition) is 6. The van der Waals surface area contributed by atoms with Crippen LogP contribution in [0.3, 0.4) is 0 Å². The number of para-hydroxylation sites is 4. The minimum absolute atomic E-state index is 0.643. The third-order valence-electron chi connectivity index (χ3n) is 24.6. The Balaban J connectivity index is 0.000000133. The molecule has 26 rings (SSSR count). The van der Waals surface area contributed by atoms with Gasteiger partial charge in [0.1, 0.15) is 11.2 Å². The summed E-state index contributed by atoms with van der Waals surface area (Å²) in [6, 6.07) is 139. The molecule has 0 unspecified atom stereocenters. The van der Waals surface area contributed by atoms with Crippen molar-refractivity contribution in [2.24, 2.45) is 0 Å². The van der Waals surface area contributed by atoms with E-state index in [4.69, 9.17) is 29.9 Å². The third-order valence-corrected chi connectivity index (χ3v) is 24.6. The summed E-state index contributed by atoms with van der Waals surface area (Å²) < 4.78 is 9.58. The van der Waals surface area contributed by atoms with Gasteiger partial charge >= 0.3 is 0 Å². The molecule has 0 aliphatic rings. The second kappa shape index (κ2) is 26.6. The maximum absolute atomic E-state index is 5.44. The van der Waals surface area contributed by atoms with Gasteiger partial charge in [-0.15, -0.1) is 0 Å². The number of rotatable bonds is 8. The van der Waals surface area contributed by atoms with Crippen LogP contribution in [-0.2, 0) is 0 Å². The topological polar surface area (TPSA) is 97.1 Å². The Bertz CT molecular complexity index is 8820. The van der Waals surface area contributed by atoms with E-state index in [1.807, 2.05) is 30.6 Å². The van der Waals surface area contributed by atoms with Crippen molar-refractivity contribution in [3.63, 3.8) is 0 Å². The van der Waals surface area contributed by atoms with Crippen LogP contribution in [0.4, 0.5) is 0 Å². The van der Waals surface area contributed by atoms with Gasteiger partial charge in [0.15, 0.2) is 17.3 Å². The number of nitrogens with zero attached hydrogens (tertiary/aromatic N) is 10. The molecule has 120 heavy (non-hydrogen) atoms. The van der Waals surface area contributed by atoms with Crippen LogP contribution in [-0.4, -0.2) is 48.2 Å². The Morgan fingerprint density at radius 2 is 0.700 bits per heavy atom. The van der Waals surface area contributed by atoms with Gasteiger partial charge in [-0.05, 0) is 193 Å². The van der Waals surface area contributed by atoms with Gasteiger partial charge in [0.05, 0.1) is 61.0 Å². The zero-order chi connectivity index (χ0) is 78.6. The third kappa shape index (κ3) is 10.5. The molecule has 26 aromatic rings. The first-order valence-electron chi connectivity index (χ1n) is 40.7. The molecule has 18 aromatic carbocycles. The maximum atomic E-state index is 5.44. The number of aromatic nitrogens is 10. The van der Waals surface area contributed by atoms with Gasteiger partial charge in [-0.25, -0.2) is 24.9 Å². The second-order valence-electron chi connectivity index (χ2n) is 31.3. The molecular weight excluding hydrogens is 1460 g/mol. The van der Waals surface area contributed by atoms with Crippen LogP contribution < -0.4 is 0 Å². The van der Waals surface area contributed by atoms with Crippen LogP contribution in [0, 0.1) is 0 Å². The van der Waals surface area contributed by atoms with E-state index in [9.17, 15) is 0 Å². The van der Waals surface area contributed by atoms with E-state index >= 15 is 0 Å². The molecule has 0 saturated carbocycles. The largest absolute Gasteiger partial charge is 0.309 e. The van der Waals surface area contributed by atoms with Gasteiger partial charge in [0, 0.05) is 111 Å². The minimum Gasteiger partial charge on any atom is -0.309 e. The first-order chi connectivity index (χ1) is 59.5. The summed E-state index contributed by atoms with van der Waals surface area (Å²) >= 11 is 0. The van der Waals surface area contributed by atoms with Gasteiger partial charge in [0.25, 0.3) is 0 Å². The van der Waals surface area contributed by atoms with Crippen LogP contribution in [0.25, 0.3) is 242 Å². The number of benzene rings is 18. The molecule has 10 nitrogen and oxygen atoms in total. The molecule has 0 spiro atoms. The molecule has 0 aliphatic carbocycles. The fourth-order valence-electron chi connectivity index (χ4n) is 19.2. The van der Waals surface area contributed by atoms with Crippen LogP contribution in [0.15, 0.2) is 401 Å². The fourth-order valence-corrected chi connectivity index (χ4v) is 19.2. The molecule has 8 aromatic heterocycles. The first-order valence-corrected chi connectivity index (χ1v) is 40.7. The Morgan fingerprint density at radius 3 is 1.46 bits per heavy atom. The Kier molecular flexibility index (Phi) is 14.9. The summed E-state index contributed by atoms with van der Waals surface area (Å²) in [6.45, 7) is 0. The SMILES string of the molecule is c1ccc(-n2c3ccccc3c3cc(-c4nc(-c5ccc(-n6c7cc8ccccc8cc7c7c8ccccc8ccc76)c6ccccc56)nc5ncccc45)ccc32)cc1.c1ccc(-n2c3ccccc3c3ccc(-c4nc(-c5ccc6cc(-n7c8cc9ccccc9cc8c8ccc9ccccc9c87)ccc6c5)nc5cccnc45)cc32)cc1. The zero-order valence-corrected chi connectivity index (χ0v) is 64.6. The molecule has 0 atom stereocenters. The van der Waals surface area contributed by atoms with Crippen LogP contribution in [0.5, 0.6) is 0 Å². The van der Waals surface area contributed by atoms with Crippen molar-refractivity contribution in [2.75, 3.05) is 0 Å². The number of pyridine rings is 2. The highest BCUT2D eigenvalue weighted by Gasteiger charge is 2.25. The highest BCUT2D eigenvalue weighted by Crippen LogP contribution is 2.46. The van der Waals surface area contributed by atoms with E-state index in [1.165, 1.54) is 119 Å². The Labute approximate surface area is 686 Å². The molecular formula is C110H66N10. The lowest BCUT2D eigenvalue weighted by molar-refractivity contribution is 1.18. The van der Waals surface area contributed by atoms with Gasteiger partial charge in [-0.1, -0.05) is 249 Å². The highest BCUT2D eigenvalue weighted by molar-refractivity contribution is 6.25. The van der Waals surface area contributed by atoms with Gasteiger partial charge in [-0.2, -0.15) is 0 Å². The fraction of sp³-hybridized carbons (Fsp3) is 0. The standard InChI is InChI=1S/2C55H33N5/c1-2-16-38(17-3-1)59-47-23-11-10-21-42(47)45-32-37(25-27-49(45)59)53-44-22-12-30-56-54(44)58-55(57-53)43-26-29-48(41-20-9-8-19-40(41)43)60-50-28-24-34-13-6-7-18-39(34)52(50)46-31-35-14-4-5-15-36(35)33-51(46)60;1-2-14-41(15-3-1)59-49-19-9-8-17-44(49)45-26-24-39(33-50(45)59)52-53-48(18-10-28-56-53)57-55(58-52)40-21-20-38-30-42(25-22-37(38)29-40)60-51-32-36-13-5-4-12-35(36)31-47(51)46-27-23-34-11-6-7-16-43(34)54(46)60/h2*1-33H. The van der Waals surface area contributed by atoms with Crippen molar-refractivity contribution in [3.05, 3.63) is 401 Å². The Hall–Kier alpha value is -16.3. The quantitative estimate of drug-likeness (QED) is 0.150. The van der Waals surface area contributed by atoms with Crippen LogP contribution >= 0.6 is 0 Å². The van der Waals surface area contributed by atoms with Crippen molar-refractivity contribution in [2.45, 2.75) is 0 Å². The molecule has 0 bridgehead atoms. The smallest absolute Gasteiger partial charge is 0.163 e. The average molecular weight is 1530 g/mol. The van der Waals surface area contributed by atoms with Gasteiger partial charge in [0.2, 0.25) is 0 Å². The van der Waals surface area contributed by atoms with E-state index < -0.39 is 0 Å². The molecule has 0 amide bonds. The first kappa shape index (κ1) is 67.1. The van der Waals surface area contributed by atoms with Crippen molar-refractivity contribution in [1.29, 1.82) is 0 Å². The summed E-state index contributed by atoms with van der Waals surface area (Å²) in [5.41, 5.74) is 21.7. The second-order valence-corrected chi connectivity index (χ2v) is 31.3. The average Bonchev–Trinajstić information content (AvgIpc) is 1.57. The summed E-state index contributed by atoms with van der Waals surface area (Å²) in [5.74, 6) is 1.31. The molecule has 10 heteroatoms. The predicted octanol–water partition coefficient (Wildman–Crippen LogP) is 28.0. The van der Waals surface area contributed by atoms with Gasteiger partial charge in [-0.3, -0.25) is 4.98 Å². The lowest BCUT2D eigenvalue weighted by Gasteiger charge is -2.15. The van der Waals surface area contributed by atoms with Crippen molar-refractivity contribution >= 4 is 174 Å². The summed E-state index contributed by atoms with van der Waals surface area (Å²) in [5, 5.41) is 25.1. The van der Waals surface area contributed by atoms with E-state index in [0.29, 0.717) is 17.3 Å². The predicted molar refractivity (Wildman–Crippen MR) is 499 cm³/mol. The van der Waals surface area contributed by atoms with E-state index in [2.05, 4.69) is 388 Å². The Morgan fingerprint density at radius 1 is 0.208 bits per heavy atom. The number of fused-ring (bicyclic) bond motifs is 22. The number of hydrogen-bond donors (Lipinski definition) is 0. The summed E-state index contributed by atoms with van der Waals surface area (Å²) in [4.78, 5) is 30.6. The van der Waals surface area contributed by atoms with Crippen LogP contribution in [0.2, 0.25) is 0 Å². The monoisotopic (exact) mass is 1530 g/mol.